The lowest BCUT2D eigenvalue weighted by atomic mass is 10.3. The largest absolute Gasteiger partial charge is 0.347 e. The number of nitrogens with one attached hydrogen (secondary N) is 1. The van der Waals surface area contributed by atoms with Crippen LogP contribution in [0.5, 0.6) is 0 Å². The van der Waals surface area contributed by atoms with E-state index in [1.807, 2.05) is 17.9 Å². The summed E-state index contributed by atoms with van der Waals surface area (Å²) in [6.45, 7) is 2.87. The van der Waals surface area contributed by atoms with Gasteiger partial charge in [0.05, 0.1) is 6.54 Å². The summed E-state index contributed by atoms with van der Waals surface area (Å²) in [4.78, 5) is 18.3. The molecule has 2 aromatic rings. The molecule has 0 saturated heterocycles. The Morgan fingerprint density at radius 3 is 2.70 bits per heavy atom. The van der Waals surface area contributed by atoms with Crippen molar-refractivity contribution in [1.82, 2.24) is 4.98 Å². The zero-order chi connectivity index (χ0) is 16.7. The minimum absolute atomic E-state index is 0.148. The van der Waals surface area contributed by atoms with Gasteiger partial charge < -0.3 is 10.2 Å². The van der Waals surface area contributed by atoms with Crippen LogP contribution < -0.4 is 10.2 Å². The number of anilines is 2. The number of halogens is 1. The third-order valence-corrected chi connectivity index (χ3v) is 3.38. The average Bonchev–Trinajstić information content (AvgIpc) is 2.56. The smallest absolute Gasteiger partial charge is 0.243 e. The molecule has 23 heavy (non-hydrogen) atoms. The van der Waals surface area contributed by atoms with Gasteiger partial charge in [-0.3, -0.25) is 4.79 Å². The van der Waals surface area contributed by atoms with Crippen molar-refractivity contribution < 1.29 is 4.79 Å². The number of carbonyl (C=O) groups excluding carboxylic acids is 1. The van der Waals surface area contributed by atoms with Gasteiger partial charge in [-0.15, -0.1) is 0 Å². The predicted molar refractivity (Wildman–Crippen MR) is 91.5 cm³/mol. The van der Waals surface area contributed by atoms with Crippen LogP contribution in [0.4, 0.5) is 11.5 Å². The molecule has 0 fully saturated rings. The van der Waals surface area contributed by atoms with Crippen molar-refractivity contribution in [2.24, 2.45) is 0 Å². The van der Waals surface area contributed by atoms with Gasteiger partial charge in [-0.2, -0.15) is 5.26 Å². The first-order valence-electron chi connectivity index (χ1n) is 7.30. The van der Waals surface area contributed by atoms with Crippen molar-refractivity contribution in [3.8, 4) is 6.07 Å². The van der Waals surface area contributed by atoms with E-state index in [1.54, 1.807) is 42.5 Å². The molecule has 0 bridgehead atoms. The van der Waals surface area contributed by atoms with Crippen LogP contribution in [-0.2, 0) is 4.79 Å². The Morgan fingerprint density at radius 1 is 1.30 bits per heavy atom. The molecule has 0 aliphatic heterocycles. The lowest BCUT2D eigenvalue weighted by Crippen LogP contribution is -2.34. The standard InChI is InChI=1S/C17H17ClN4O/c1-2-10-22(16-5-3-4-15(11-19)20-16)12-17(23)21-14-8-6-13(18)7-9-14/h3-9H,2,10,12H2,1H3,(H,21,23). The molecule has 0 atom stereocenters. The zero-order valence-corrected chi connectivity index (χ0v) is 13.5. The summed E-state index contributed by atoms with van der Waals surface area (Å²) in [5, 5.41) is 12.4. The highest BCUT2D eigenvalue weighted by atomic mass is 35.5. The minimum Gasteiger partial charge on any atom is -0.347 e. The fourth-order valence-corrected chi connectivity index (χ4v) is 2.24. The molecule has 0 saturated carbocycles. The molecule has 0 radical (unpaired) electrons. The third kappa shape index (κ3) is 4.97. The fourth-order valence-electron chi connectivity index (χ4n) is 2.11. The highest BCUT2D eigenvalue weighted by molar-refractivity contribution is 6.30. The number of carbonyl (C=O) groups is 1. The summed E-state index contributed by atoms with van der Waals surface area (Å²) >= 11 is 5.83. The Kier molecular flexibility index (Phi) is 5.95. The maximum Gasteiger partial charge on any atom is 0.243 e. The monoisotopic (exact) mass is 328 g/mol. The Bertz CT molecular complexity index is 709. The highest BCUT2D eigenvalue weighted by Crippen LogP contribution is 2.15. The van der Waals surface area contributed by atoms with Crippen LogP contribution in [0.2, 0.25) is 5.02 Å². The van der Waals surface area contributed by atoms with Crippen LogP contribution in [0.25, 0.3) is 0 Å². The fraction of sp³-hybridized carbons (Fsp3) is 0.235. The molecule has 1 heterocycles. The van der Waals surface area contributed by atoms with E-state index in [0.717, 1.165) is 6.42 Å². The van der Waals surface area contributed by atoms with Crippen molar-refractivity contribution in [3.05, 3.63) is 53.2 Å². The SMILES string of the molecule is CCCN(CC(=O)Nc1ccc(Cl)cc1)c1cccc(C#N)n1. The number of aromatic nitrogens is 1. The summed E-state index contributed by atoms with van der Waals surface area (Å²) < 4.78 is 0. The van der Waals surface area contributed by atoms with Crippen LogP contribution >= 0.6 is 11.6 Å². The molecule has 0 spiro atoms. The second-order valence-electron chi connectivity index (χ2n) is 4.97. The van der Waals surface area contributed by atoms with Gasteiger partial charge >= 0.3 is 0 Å². The Balaban J connectivity index is 2.07. The summed E-state index contributed by atoms with van der Waals surface area (Å²) in [6, 6.07) is 14.2. The lowest BCUT2D eigenvalue weighted by molar-refractivity contribution is -0.115. The van der Waals surface area contributed by atoms with E-state index in [2.05, 4.69) is 10.3 Å². The van der Waals surface area contributed by atoms with Crippen molar-refractivity contribution in [1.29, 1.82) is 5.26 Å². The number of hydrogen-bond acceptors (Lipinski definition) is 4. The molecular weight excluding hydrogens is 312 g/mol. The molecule has 1 N–H and O–H groups in total. The number of benzene rings is 1. The predicted octanol–water partition coefficient (Wildman–Crippen LogP) is 3.46. The molecule has 1 aromatic carbocycles. The number of nitriles is 1. The van der Waals surface area contributed by atoms with Gasteiger partial charge in [0.1, 0.15) is 17.6 Å². The molecule has 5 nitrogen and oxygen atoms in total. The normalized spacial score (nSPS) is 9.96. The third-order valence-electron chi connectivity index (χ3n) is 3.13. The first kappa shape index (κ1) is 16.8. The van der Waals surface area contributed by atoms with Gasteiger partial charge in [-0.25, -0.2) is 4.98 Å². The number of hydrogen-bond donors (Lipinski definition) is 1. The summed E-state index contributed by atoms with van der Waals surface area (Å²) in [5.74, 6) is 0.474. The van der Waals surface area contributed by atoms with Gasteiger partial charge in [-0.05, 0) is 42.8 Å². The van der Waals surface area contributed by atoms with Crippen LogP contribution in [0, 0.1) is 11.3 Å². The van der Waals surface area contributed by atoms with Gasteiger partial charge in [0.15, 0.2) is 0 Å². The first-order valence-corrected chi connectivity index (χ1v) is 7.67. The van der Waals surface area contributed by atoms with Crippen LogP contribution in [0.1, 0.15) is 19.0 Å². The van der Waals surface area contributed by atoms with Crippen LogP contribution in [0.15, 0.2) is 42.5 Å². The topological polar surface area (TPSA) is 69.0 Å². The van der Waals surface area contributed by atoms with E-state index in [1.165, 1.54) is 0 Å². The van der Waals surface area contributed by atoms with Gasteiger partial charge in [0, 0.05) is 17.3 Å². The summed E-state index contributed by atoms with van der Waals surface area (Å²) in [5.41, 5.74) is 1.02. The molecule has 1 amide bonds. The zero-order valence-electron chi connectivity index (χ0n) is 12.8. The van der Waals surface area contributed by atoms with Crippen LogP contribution in [-0.4, -0.2) is 24.0 Å². The summed E-state index contributed by atoms with van der Waals surface area (Å²) in [6.07, 6.45) is 0.868. The lowest BCUT2D eigenvalue weighted by Gasteiger charge is -2.22. The first-order chi connectivity index (χ1) is 11.1. The quantitative estimate of drug-likeness (QED) is 0.881. The van der Waals surface area contributed by atoms with Gasteiger partial charge in [-0.1, -0.05) is 24.6 Å². The van der Waals surface area contributed by atoms with Gasteiger partial charge in [0.25, 0.3) is 0 Å². The Labute approximate surface area is 140 Å². The molecule has 0 aliphatic carbocycles. The van der Waals surface area contributed by atoms with Crippen molar-refractivity contribution in [3.63, 3.8) is 0 Å². The van der Waals surface area contributed by atoms with E-state index in [4.69, 9.17) is 16.9 Å². The average molecular weight is 329 g/mol. The van der Waals surface area contributed by atoms with Crippen molar-refractivity contribution >= 4 is 29.0 Å². The van der Waals surface area contributed by atoms with Crippen LogP contribution in [0.3, 0.4) is 0 Å². The van der Waals surface area contributed by atoms with E-state index in [9.17, 15) is 4.79 Å². The van der Waals surface area contributed by atoms with E-state index < -0.39 is 0 Å². The highest BCUT2D eigenvalue weighted by Gasteiger charge is 2.13. The second-order valence-corrected chi connectivity index (χ2v) is 5.41. The second kappa shape index (κ2) is 8.16. The number of pyridine rings is 1. The van der Waals surface area contributed by atoms with Crippen molar-refractivity contribution in [2.45, 2.75) is 13.3 Å². The minimum atomic E-state index is -0.148. The Hall–Kier alpha value is -2.58. The number of nitrogens with zero attached hydrogens (tertiary/aromatic N) is 3. The van der Waals surface area contributed by atoms with Crippen molar-refractivity contribution in [2.75, 3.05) is 23.3 Å². The number of rotatable bonds is 6. The molecule has 118 valence electrons. The molecule has 2 rings (SSSR count). The molecular formula is C17H17ClN4O. The van der Waals surface area contributed by atoms with Gasteiger partial charge in [0.2, 0.25) is 5.91 Å². The Morgan fingerprint density at radius 2 is 2.04 bits per heavy atom. The number of amides is 1. The maximum absolute atomic E-state index is 12.2. The maximum atomic E-state index is 12.2. The van der Waals surface area contributed by atoms with E-state index in [-0.39, 0.29) is 12.5 Å². The molecule has 0 aliphatic rings. The van der Waals surface area contributed by atoms with E-state index >= 15 is 0 Å². The molecule has 1 aromatic heterocycles. The van der Waals surface area contributed by atoms with E-state index in [0.29, 0.717) is 28.8 Å². The summed E-state index contributed by atoms with van der Waals surface area (Å²) in [7, 11) is 0. The molecule has 6 heteroatoms. The molecule has 0 unspecified atom stereocenters.